The van der Waals surface area contributed by atoms with Crippen molar-refractivity contribution in [1.29, 1.82) is 5.26 Å². The van der Waals surface area contributed by atoms with Gasteiger partial charge in [0, 0.05) is 17.1 Å². The molecule has 2 aromatic carbocycles. The smallest absolute Gasteiger partial charge is 0.269 e. The molecule has 1 amide bonds. The molecule has 0 spiro atoms. The normalized spacial score (nSPS) is 10.4. The zero-order valence-electron chi connectivity index (χ0n) is 14.9. The number of nitriles is 1. The number of rotatable bonds is 6. The number of carbonyl (C=O) groups is 2. The first-order chi connectivity index (χ1) is 14.3. The minimum atomic E-state index is -0.799. The summed E-state index contributed by atoms with van der Waals surface area (Å²) < 4.78 is 20.5. The van der Waals surface area contributed by atoms with E-state index in [0.29, 0.717) is 6.29 Å². The Morgan fingerprint density at radius 1 is 1.20 bits per heavy atom. The maximum absolute atomic E-state index is 15.0. The molecule has 0 bridgehead atoms. The van der Waals surface area contributed by atoms with Crippen molar-refractivity contribution in [2.24, 2.45) is 0 Å². The molecule has 0 aliphatic carbocycles. The fourth-order valence-corrected chi connectivity index (χ4v) is 3.21. The zero-order valence-corrected chi connectivity index (χ0v) is 17.2. The standard InChI is InChI=1S/C20H11Cl3FN3O3/c21-12-3-10(7-25)4-14(5-12)30-19-15(22)2-1-11(17(19)24)8-26-20(29)18-16(23)6-13(9-28)27-18/h1-6,9,27H,8H2,(H,26,29). The van der Waals surface area contributed by atoms with E-state index in [4.69, 9.17) is 44.8 Å². The molecular formula is C20H11Cl3FN3O3. The number of aromatic nitrogens is 1. The van der Waals surface area contributed by atoms with Crippen LogP contribution >= 0.6 is 34.8 Å². The van der Waals surface area contributed by atoms with Crippen molar-refractivity contribution in [3.63, 3.8) is 0 Å². The maximum Gasteiger partial charge on any atom is 0.269 e. The van der Waals surface area contributed by atoms with Crippen molar-refractivity contribution in [3.05, 3.63) is 79.8 Å². The number of halogens is 4. The van der Waals surface area contributed by atoms with Gasteiger partial charge in [-0.2, -0.15) is 5.26 Å². The van der Waals surface area contributed by atoms with Crippen LogP contribution in [0, 0.1) is 17.1 Å². The Morgan fingerprint density at radius 2 is 1.97 bits per heavy atom. The highest BCUT2D eigenvalue weighted by molar-refractivity contribution is 6.34. The highest BCUT2D eigenvalue weighted by Gasteiger charge is 2.18. The maximum atomic E-state index is 15.0. The summed E-state index contributed by atoms with van der Waals surface area (Å²) in [5, 5.41) is 11.8. The fraction of sp³-hybridized carbons (Fsp3) is 0.0500. The second-order valence-electron chi connectivity index (χ2n) is 5.99. The number of ether oxygens (including phenoxy) is 1. The van der Waals surface area contributed by atoms with E-state index in [1.807, 2.05) is 6.07 Å². The predicted molar refractivity (Wildman–Crippen MR) is 110 cm³/mol. The van der Waals surface area contributed by atoms with E-state index in [-0.39, 0.29) is 55.6 Å². The van der Waals surface area contributed by atoms with Crippen molar-refractivity contribution in [1.82, 2.24) is 10.3 Å². The van der Waals surface area contributed by atoms with Gasteiger partial charge in [0.25, 0.3) is 5.91 Å². The van der Waals surface area contributed by atoms with Crippen LogP contribution in [0.25, 0.3) is 0 Å². The zero-order chi connectivity index (χ0) is 21.8. The largest absolute Gasteiger partial charge is 0.453 e. The number of H-pyrrole nitrogens is 1. The molecule has 6 nitrogen and oxygen atoms in total. The number of amides is 1. The number of nitrogens with one attached hydrogen (secondary N) is 2. The SMILES string of the molecule is N#Cc1cc(Cl)cc(Oc2c(Cl)ccc(CNC(=O)c3[nH]c(C=O)cc3Cl)c2F)c1. The van der Waals surface area contributed by atoms with Crippen LogP contribution in [-0.4, -0.2) is 17.2 Å². The molecule has 0 radical (unpaired) electrons. The third-order valence-electron chi connectivity index (χ3n) is 3.93. The average Bonchev–Trinajstić information content (AvgIpc) is 3.10. The first kappa shape index (κ1) is 21.7. The molecule has 30 heavy (non-hydrogen) atoms. The van der Waals surface area contributed by atoms with Crippen molar-refractivity contribution in [2.75, 3.05) is 0 Å². The number of carbonyl (C=O) groups excluding carboxylic acids is 2. The molecule has 0 aliphatic heterocycles. The summed E-state index contributed by atoms with van der Waals surface area (Å²) in [6, 6.07) is 10.2. The third-order valence-corrected chi connectivity index (χ3v) is 4.75. The highest BCUT2D eigenvalue weighted by Crippen LogP contribution is 2.35. The monoisotopic (exact) mass is 465 g/mol. The number of nitrogens with zero attached hydrogens (tertiary/aromatic N) is 1. The Morgan fingerprint density at radius 3 is 2.63 bits per heavy atom. The lowest BCUT2D eigenvalue weighted by atomic mass is 10.2. The van der Waals surface area contributed by atoms with E-state index < -0.39 is 11.7 Å². The van der Waals surface area contributed by atoms with Gasteiger partial charge in [-0.15, -0.1) is 0 Å². The summed E-state index contributed by atoms with van der Waals surface area (Å²) in [7, 11) is 0. The van der Waals surface area contributed by atoms with E-state index in [1.165, 1.54) is 36.4 Å². The Kier molecular flexibility index (Phi) is 6.63. The van der Waals surface area contributed by atoms with Gasteiger partial charge in [0.15, 0.2) is 17.9 Å². The fourth-order valence-electron chi connectivity index (χ4n) is 2.55. The van der Waals surface area contributed by atoms with Gasteiger partial charge in [0.2, 0.25) is 0 Å². The van der Waals surface area contributed by atoms with Gasteiger partial charge in [-0.1, -0.05) is 40.9 Å². The van der Waals surface area contributed by atoms with E-state index in [0.717, 1.165) is 0 Å². The van der Waals surface area contributed by atoms with Gasteiger partial charge in [-0.25, -0.2) is 4.39 Å². The quantitative estimate of drug-likeness (QED) is 0.468. The van der Waals surface area contributed by atoms with Crippen LogP contribution in [0.15, 0.2) is 36.4 Å². The summed E-state index contributed by atoms with van der Waals surface area (Å²) in [5.41, 5.74) is 0.433. The molecule has 1 heterocycles. The van der Waals surface area contributed by atoms with Gasteiger partial charge in [-0.3, -0.25) is 9.59 Å². The molecule has 1 aromatic heterocycles. The second-order valence-corrected chi connectivity index (χ2v) is 7.24. The molecule has 10 heteroatoms. The van der Waals surface area contributed by atoms with Crippen LogP contribution in [0.2, 0.25) is 15.1 Å². The second kappa shape index (κ2) is 9.18. The van der Waals surface area contributed by atoms with Gasteiger partial charge in [0.05, 0.1) is 27.4 Å². The molecular weight excluding hydrogens is 456 g/mol. The van der Waals surface area contributed by atoms with Crippen LogP contribution in [-0.2, 0) is 6.54 Å². The van der Waals surface area contributed by atoms with E-state index in [9.17, 15) is 14.0 Å². The summed E-state index contributed by atoms with van der Waals surface area (Å²) >= 11 is 17.9. The predicted octanol–water partition coefficient (Wildman–Crippen LogP) is 5.52. The molecule has 0 atom stereocenters. The molecule has 0 fully saturated rings. The lowest BCUT2D eigenvalue weighted by Crippen LogP contribution is -2.24. The summed E-state index contributed by atoms with van der Waals surface area (Å²) in [5.74, 6) is -1.58. The van der Waals surface area contributed by atoms with Crippen molar-refractivity contribution >= 4 is 47.0 Å². The molecule has 0 unspecified atom stereocenters. The Balaban J connectivity index is 1.81. The van der Waals surface area contributed by atoms with E-state index in [1.54, 1.807) is 0 Å². The molecule has 152 valence electrons. The molecule has 0 aliphatic rings. The van der Waals surface area contributed by atoms with Gasteiger partial charge < -0.3 is 15.0 Å². The number of aldehydes is 1. The number of benzene rings is 2. The average molecular weight is 467 g/mol. The third kappa shape index (κ3) is 4.74. The van der Waals surface area contributed by atoms with Gasteiger partial charge in [0.1, 0.15) is 11.4 Å². The van der Waals surface area contributed by atoms with Crippen LogP contribution in [0.5, 0.6) is 11.5 Å². The van der Waals surface area contributed by atoms with Crippen LogP contribution in [0.3, 0.4) is 0 Å². The Hall–Kier alpha value is -3.05. The number of hydrogen-bond acceptors (Lipinski definition) is 4. The van der Waals surface area contributed by atoms with Gasteiger partial charge >= 0.3 is 0 Å². The van der Waals surface area contributed by atoms with Crippen LogP contribution < -0.4 is 10.1 Å². The topological polar surface area (TPSA) is 95.0 Å². The summed E-state index contributed by atoms with van der Waals surface area (Å²) in [4.78, 5) is 25.6. The number of aromatic amines is 1. The van der Waals surface area contributed by atoms with E-state index in [2.05, 4.69) is 10.3 Å². The first-order valence-corrected chi connectivity index (χ1v) is 9.43. The van der Waals surface area contributed by atoms with Crippen molar-refractivity contribution < 1.29 is 18.7 Å². The highest BCUT2D eigenvalue weighted by atomic mass is 35.5. The lowest BCUT2D eigenvalue weighted by Gasteiger charge is -2.13. The molecule has 3 aromatic rings. The van der Waals surface area contributed by atoms with Crippen molar-refractivity contribution in [3.8, 4) is 17.6 Å². The lowest BCUT2D eigenvalue weighted by molar-refractivity contribution is 0.0946. The van der Waals surface area contributed by atoms with E-state index >= 15 is 0 Å². The van der Waals surface area contributed by atoms with Gasteiger partial charge in [-0.05, 0) is 30.3 Å². The number of hydrogen-bond donors (Lipinski definition) is 2. The van der Waals surface area contributed by atoms with Crippen LogP contribution in [0.1, 0.15) is 32.1 Å². The van der Waals surface area contributed by atoms with Crippen molar-refractivity contribution in [2.45, 2.75) is 6.54 Å². The molecule has 2 N–H and O–H groups in total. The Bertz CT molecular complexity index is 1190. The molecule has 0 saturated carbocycles. The van der Waals surface area contributed by atoms with Crippen LogP contribution in [0.4, 0.5) is 4.39 Å². The molecule has 0 saturated heterocycles. The minimum absolute atomic E-state index is 0.0101. The Labute approximate surface area is 185 Å². The summed E-state index contributed by atoms with van der Waals surface area (Å²) in [6.07, 6.45) is 0.513. The summed E-state index contributed by atoms with van der Waals surface area (Å²) in [6.45, 7) is -0.205. The minimum Gasteiger partial charge on any atom is -0.453 e. The first-order valence-electron chi connectivity index (χ1n) is 8.29. The molecule has 3 rings (SSSR count).